The first-order valence-corrected chi connectivity index (χ1v) is 6.93. The van der Waals surface area contributed by atoms with Crippen LogP contribution in [-0.4, -0.2) is 29.8 Å². The van der Waals surface area contributed by atoms with Crippen molar-refractivity contribution in [2.24, 2.45) is 5.92 Å². The van der Waals surface area contributed by atoms with Gasteiger partial charge in [-0.2, -0.15) is 0 Å². The van der Waals surface area contributed by atoms with Crippen LogP contribution in [-0.2, 0) is 5.41 Å². The van der Waals surface area contributed by atoms with E-state index in [4.69, 9.17) is 23.2 Å². The zero-order valence-electron chi connectivity index (χ0n) is 10.8. The summed E-state index contributed by atoms with van der Waals surface area (Å²) in [6.07, 6.45) is -4.72. The van der Waals surface area contributed by atoms with E-state index in [2.05, 4.69) is 4.74 Å². The van der Waals surface area contributed by atoms with Gasteiger partial charge in [0.05, 0.1) is 0 Å². The van der Waals surface area contributed by atoms with Crippen LogP contribution in [0.4, 0.5) is 13.2 Å². The molecule has 0 radical (unpaired) electrons. The highest BCUT2D eigenvalue weighted by molar-refractivity contribution is 6.19. The second kappa shape index (κ2) is 6.87. The van der Waals surface area contributed by atoms with Gasteiger partial charge in [0, 0.05) is 29.7 Å². The molecule has 7 heteroatoms. The Kier molecular flexibility index (Phi) is 5.98. The van der Waals surface area contributed by atoms with Crippen LogP contribution in [0.15, 0.2) is 24.3 Å². The summed E-state index contributed by atoms with van der Waals surface area (Å²) >= 11 is 11.8. The monoisotopic (exact) mass is 330 g/mol. The van der Waals surface area contributed by atoms with Crippen molar-refractivity contribution in [3.8, 4) is 5.75 Å². The van der Waals surface area contributed by atoms with Gasteiger partial charge in [0.2, 0.25) is 0 Å². The molecule has 20 heavy (non-hydrogen) atoms. The lowest BCUT2D eigenvalue weighted by atomic mass is 9.74. The van der Waals surface area contributed by atoms with Crippen LogP contribution in [0.25, 0.3) is 0 Å². The molecule has 0 heterocycles. The number of hydrogen-bond donors (Lipinski definition) is 1. The number of ether oxygens (including phenoxy) is 1. The molecular formula is C13H15Cl2F3O2. The molecule has 2 unspecified atom stereocenters. The summed E-state index contributed by atoms with van der Waals surface area (Å²) in [5.74, 6) is -0.217. The molecule has 0 aromatic heterocycles. The smallest absolute Gasteiger partial charge is 0.406 e. The summed E-state index contributed by atoms with van der Waals surface area (Å²) < 4.78 is 40.1. The predicted molar refractivity (Wildman–Crippen MR) is 72.5 cm³/mol. The van der Waals surface area contributed by atoms with Crippen molar-refractivity contribution in [2.45, 2.75) is 18.7 Å². The van der Waals surface area contributed by atoms with Crippen molar-refractivity contribution in [2.75, 3.05) is 18.4 Å². The van der Waals surface area contributed by atoms with E-state index in [1.54, 1.807) is 0 Å². The molecule has 0 saturated heterocycles. The molecule has 2 atom stereocenters. The Morgan fingerprint density at radius 3 is 2.10 bits per heavy atom. The molecule has 0 amide bonds. The molecule has 0 aliphatic carbocycles. The normalized spacial score (nSPS) is 16.6. The van der Waals surface area contributed by atoms with Crippen molar-refractivity contribution >= 4 is 23.2 Å². The molecule has 0 bridgehead atoms. The third-order valence-electron chi connectivity index (χ3n) is 3.33. The Morgan fingerprint density at radius 1 is 1.20 bits per heavy atom. The van der Waals surface area contributed by atoms with Crippen LogP contribution in [0.1, 0.15) is 12.5 Å². The van der Waals surface area contributed by atoms with E-state index in [1.165, 1.54) is 24.3 Å². The van der Waals surface area contributed by atoms with E-state index in [1.807, 2.05) is 6.92 Å². The van der Waals surface area contributed by atoms with Gasteiger partial charge >= 0.3 is 6.36 Å². The quantitative estimate of drug-likeness (QED) is 0.801. The first kappa shape index (κ1) is 17.4. The Bertz CT molecular complexity index is 419. The highest BCUT2D eigenvalue weighted by atomic mass is 35.5. The number of alkyl halides is 5. The highest BCUT2D eigenvalue weighted by Gasteiger charge is 2.35. The van der Waals surface area contributed by atoms with Crippen LogP contribution in [0, 0.1) is 5.92 Å². The van der Waals surface area contributed by atoms with Gasteiger partial charge in [0.1, 0.15) is 5.75 Å². The topological polar surface area (TPSA) is 29.5 Å². The number of aliphatic hydroxyl groups is 1. The van der Waals surface area contributed by atoms with E-state index >= 15 is 0 Å². The van der Waals surface area contributed by atoms with Crippen molar-refractivity contribution in [3.63, 3.8) is 0 Å². The van der Waals surface area contributed by atoms with Crippen LogP contribution >= 0.6 is 23.2 Å². The molecule has 0 saturated carbocycles. The van der Waals surface area contributed by atoms with Crippen molar-refractivity contribution in [3.05, 3.63) is 29.8 Å². The van der Waals surface area contributed by atoms with Crippen LogP contribution in [0.2, 0.25) is 0 Å². The molecule has 0 fully saturated rings. The first-order valence-electron chi connectivity index (χ1n) is 5.86. The van der Waals surface area contributed by atoms with Gasteiger partial charge in [-0.05, 0) is 17.7 Å². The largest absolute Gasteiger partial charge is 0.573 e. The van der Waals surface area contributed by atoms with Gasteiger partial charge in [0.25, 0.3) is 0 Å². The van der Waals surface area contributed by atoms with E-state index in [0.717, 1.165) is 0 Å². The lowest BCUT2D eigenvalue weighted by molar-refractivity contribution is -0.274. The van der Waals surface area contributed by atoms with Gasteiger partial charge in [-0.1, -0.05) is 19.1 Å². The predicted octanol–water partition coefficient (Wildman–Crippen LogP) is 3.93. The summed E-state index contributed by atoms with van der Waals surface area (Å²) in [4.78, 5) is 0. The van der Waals surface area contributed by atoms with E-state index in [-0.39, 0.29) is 30.0 Å². The molecule has 0 aliphatic rings. The van der Waals surface area contributed by atoms with Crippen molar-refractivity contribution < 1.29 is 23.0 Å². The highest BCUT2D eigenvalue weighted by Crippen LogP contribution is 2.35. The summed E-state index contributed by atoms with van der Waals surface area (Å²) in [6, 6.07) is 5.43. The average Bonchev–Trinajstić information content (AvgIpc) is 2.38. The number of hydrogen-bond acceptors (Lipinski definition) is 2. The molecule has 2 nitrogen and oxygen atoms in total. The lowest BCUT2D eigenvalue weighted by Crippen LogP contribution is -2.37. The van der Waals surface area contributed by atoms with Gasteiger partial charge in [-0.3, -0.25) is 0 Å². The number of benzene rings is 1. The second-order valence-corrected chi connectivity index (χ2v) is 5.23. The van der Waals surface area contributed by atoms with Gasteiger partial charge < -0.3 is 9.84 Å². The average molecular weight is 331 g/mol. The summed E-state index contributed by atoms with van der Waals surface area (Å²) in [7, 11) is 0. The van der Waals surface area contributed by atoms with Crippen molar-refractivity contribution in [1.82, 2.24) is 0 Å². The fraction of sp³-hybridized carbons (Fsp3) is 0.538. The molecule has 1 N–H and O–H groups in total. The Balaban J connectivity index is 3.01. The van der Waals surface area contributed by atoms with E-state index in [9.17, 15) is 18.3 Å². The maximum Gasteiger partial charge on any atom is 0.573 e. The lowest BCUT2D eigenvalue weighted by Gasteiger charge is -2.34. The Labute approximate surface area is 125 Å². The van der Waals surface area contributed by atoms with Crippen LogP contribution in [0.5, 0.6) is 5.75 Å². The van der Waals surface area contributed by atoms with Gasteiger partial charge in [0.15, 0.2) is 0 Å². The fourth-order valence-corrected chi connectivity index (χ4v) is 2.69. The molecule has 1 aromatic carbocycles. The maximum absolute atomic E-state index is 12.1. The zero-order valence-corrected chi connectivity index (χ0v) is 12.3. The SMILES string of the molecule is CC(CCl)(c1ccc(OC(F)(F)F)cc1)C(CO)CCl. The van der Waals surface area contributed by atoms with E-state index in [0.29, 0.717) is 5.56 Å². The summed E-state index contributed by atoms with van der Waals surface area (Å²) in [6.45, 7) is 1.65. The van der Waals surface area contributed by atoms with Gasteiger partial charge in [-0.25, -0.2) is 0 Å². The standard InChI is InChI=1S/C13H15Cl2F3O2/c1-12(8-15,10(6-14)7-19)9-2-4-11(5-3-9)20-13(16,17)18/h2-5,10,19H,6-8H2,1H3. The molecule has 1 aromatic rings. The summed E-state index contributed by atoms with van der Waals surface area (Å²) in [5.41, 5.74) is 0.0659. The Hall–Kier alpha value is -0.650. The summed E-state index contributed by atoms with van der Waals surface area (Å²) in [5, 5.41) is 9.34. The third kappa shape index (κ3) is 4.17. The van der Waals surface area contributed by atoms with Gasteiger partial charge in [-0.15, -0.1) is 36.4 Å². The Morgan fingerprint density at radius 2 is 1.75 bits per heavy atom. The molecule has 114 valence electrons. The number of aliphatic hydroxyl groups excluding tert-OH is 1. The second-order valence-electron chi connectivity index (χ2n) is 4.66. The third-order valence-corrected chi connectivity index (χ3v) is 4.26. The maximum atomic E-state index is 12.1. The minimum absolute atomic E-state index is 0.159. The molecule has 0 aliphatic heterocycles. The molecular weight excluding hydrogens is 316 g/mol. The van der Waals surface area contributed by atoms with Crippen LogP contribution < -0.4 is 4.74 Å². The fourth-order valence-electron chi connectivity index (χ4n) is 1.88. The first-order chi connectivity index (χ1) is 9.26. The molecule has 0 spiro atoms. The van der Waals surface area contributed by atoms with Crippen LogP contribution in [0.3, 0.4) is 0 Å². The minimum atomic E-state index is -4.72. The van der Waals surface area contributed by atoms with Crippen molar-refractivity contribution in [1.29, 1.82) is 0 Å². The molecule has 1 rings (SSSR count). The number of rotatable bonds is 6. The zero-order chi connectivity index (χ0) is 15.4. The number of halogens is 5. The van der Waals surface area contributed by atoms with E-state index < -0.39 is 11.8 Å². The minimum Gasteiger partial charge on any atom is -0.406 e.